The first kappa shape index (κ1) is 20.8. The standard InChI is InChI=1S/C22H23ClN4O2S/c1-14(28)27(13-15-2-3-15)20-7-5-16(10-18(20)23)19-6-4-17(11-25-19)22(29)26-12-21-24-8-9-30-21/h4-11,14-15,28H,2-3,12-13H2,1H3,(H,26,29). The Hall–Kier alpha value is -2.48. The first-order chi connectivity index (χ1) is 14.5. The maximum atomic E-state index is 12.3. The van der Waals surface area contributed by atoms with Gasteiger partial charge in [-0.25, -0.2) is 4.98 Å². The van der Waals surface area contributed by atoms with Crippen molar-refractivity contribution in [2.24, 2.45) is 5.92 Å². The molecule has 6 nitrogen and oxygen atoms in total. The second kappa shape index (κ2) is 9.12. The minimum absolute atomic E-state index is 0.190. The van der Waals surface area contributed by atoms with E-state index >= 15 is 0 Å². The monoisotopic (exact) mass is 442 g/mol. The highest BCUT2D eigenvalue weighted by atomic mass is 35.5. The summed E-state index contributed by atoms with van der Waals surface area (Å²) in [5.74, 6) is 0.441. The summed E-state index contributed by atoms with van der Waals surface area (Å²) in [5.41, 5.74) is 2.89. The third kappa shape index (κ3) is 4.98. The minimum Gasteiger partial charge on any atom is -0.374 e. The van der Waals surface area contributed by atoms with Crippen LogP contribution in [0.1, 0.15) is 35.1 Å². The van der Waals surface area contributed by atoms with E-state index < -0.39 is 6.23 Å². The highest BCUT2D eigenvalue weighted by Gasteiger charge is 2.27. The number of aliphatic hydroxyl groups is 1. The predicted octanol–water partition coefficient (Wildman–Crippen LogP) is 4.34. The molecule has 0 aliphatic heterocycles. The summed E-state index contributed by atoms with van der Waals surface area (Å²) in [6, 6.07) is 9.26. The molecule has 1 atom stereocenters. The molecule has 3 aromatic rings. The third-order valence-corrected chi connectivity index (χ3v) is 6.15. The zero-order valence-corrected chi connectivity index (χ0v) is 18.2. The largest absolute Gasteiger partial charge is 0.374 e. The molecule has 1 aliphatic rings. The fraction of sp³-hybridized carbons (Fsp3) is 0.318. The number of nitrogens with zero attached hydrogens (tertiary/aromatic N) is 3. The molecular weight excluding hydrogens is 420 g/mol. The summed E-state index contributed by atoms with van der Waals surface area (Å²) in [6.45, 7) is 2.96. The van der Waals surface area contributed by atoms with E-state index in [-0.39, 0.29) is 5.91 Å². The Balaban J connectivity index is 1.45. The Kier molecular flexibility index (Phi) is 6.32. The smallest absolute Gasteiger partial charge is 0.253 e. The van der Waals surface area contributed by atoms with Crippen LogP contribution in [0.25, 0.3) is 11.3 Å². The van der Waals surface area contributed by atoms with Gasteiger partial charge in [-0.3, -0.25) is 9.78 Å². The van der Waals surface area contributed by atoms with E-state index in [0.717, 1.165) is 28.5 Å². The molecule has 1 aliphatic carbocycles. The van der Waals surface area contributed by atoms with Crippen molar-refractivity contribution < 1.29 is 9.90 Å². The van der Waals surface area contributed by atoms with E-state index in [2.05, 4.69) is 15.3 Å². The van der Waals surface area contributed by atoms with Crippen molar-refractivity contribution in [1.29, 1.82) is 0 Å². The van der Waals surface area contributed by atoms with Gasteiger partial charge in [-0.15, -0.1) is 11.3 Å². The average molecular weight is 443 g/mol. The minimum atomic E-state index is -0.603. The van der Waals surface area contributed by atoms with Crippen molar-refractivity contribution in [3.8, 4) is 11.3 Å². The molecule has 2 N–H and O–H groups in total. The zero-order chi connectivity index (χ0) is 21.1. The first-order valence-electron chi connectivity index (χ1n) is 9.88. The molecule has 0 radical (unpaired) electrons. The van der Waals surface area contributed by atoms with Crippen molar-refractivity contribution in [3.63, 3.8) is 0 Å². The number of benzene rings is 1. The molecule has 0 bridgehead atoms. The molecule has 0 spiro atoms. The molecule has 2 aromatic heterocycles. The van der Waals surface area contributed by atoms with Gasteiger partial charge >= 0.3 is 0 Å². The van der Waals surface area contributed by atoms with Gasteiger partial charge in [0.15, 0.2) is 0 Å². The molecule has 1 amide bonds. The molecular formula is C22H23ClN4O2S. The van der Waals surface area contributed by atoms with E-state index in [9.17, 15) is 9.90 Å². The second-order valence-corrected chi connectivity index (χ2v) is 8.82. The SMILES string of the molecule is CC(O)N(CC1CC1)c1ccc(-c2ccc(C(=O)NCc3nccs3)cn2)cc1Cl. The van der Waals surface area contributed by atoms with Gasteiger partial charge in [0.2, 0.25) is 0 Å². The van der Waals surface area contributed by atoms with E-state index in [1.165, 1.54) is 24.2 Å². The normalized spacial score (nSPS) is 14.4. The number of amides is 1. The topological polar surface area (TPSA) is 78.4 Å². The summed E-state index contributed by atoms with van der Waals surface area (Å²) in [7, 11) is 0. The summed E-state index contributed by atoms with van der Waals surface area (Å²) in [4.78, 5) is 22.8. The molecule has 156 valence electrons. The number of aromatic nitrogens is 2. The number of nitrogens with one attached hydrogen (secondary N) is 1. The lowest BCUT2D eigenvalue weighted by atomic mass is 10.1. The zero-order valence-electron chi connectivity index (χ0n) is 16.6. The third-order valence-electron chi connectivity index (χ3n) is 5.07. The van der Waals surface area contributed by atoms with Crippen molar-refractivity contribution in [2.75, 3.05) is 11.4 Å². The molecule has 2 heterocycles. The molecule has 30 heavy (non-hydrogen) atoms. The number of halogens is 1. The van der Waals surface area contributed by atoms with Gasteiger partial charge in [0, 0.05) is 29.9 Å². The van der Waals surface area contributed by atoms with E-state index in [1.54, 1.807) is 31.5 Å². The van der Waals surface area contributed by atoms with Gasteiger partial charge in [-0.1, -0.05) is 17.7 Å². The number of aliphatic hydroxyl groups excluding tert-OH is 1. The highest BCUT2D eigenvalue weighted by molar-refractivity contribution is 7.09. The van der Waals surface area contributed by atoms with E-state index in [1.807, 2.05) is 28.5 Å². The molecule has 1 fully saturated rings. The van der Waals surface area contributed by atoms with Crippen molar-refractivity contribution in [1.82, 2.24) is 15.3 Å². The number of hydrogen-bond acceptors (Lipinski definition) is 6. The quantitative estimate of drug-likeness (QED) is 0.507. The van der Waals surface area contributed by atoms with Gasteiger partial charge < -0.3 is 15.3 Å². The Morgan fingerprint density at radius 3 is 2.77 bits per heavy atom. The summed E-state index contributed by atoms with van der Waals surface area (Å²) in [6.07, 6.45) is 5.07. The van der Waals surface area contributed by atoms with Crippen LogP contribution in [0.3, 0.4) is 0 Å². The van der Waals surface area contributed by atoms with Gasteiger partial charge in [0.05, 0.1) is 28.5 Å². The van der Waals surface area contributed by atoms with Crippen LogP contribution in [0.4, 0.5) is 5.69 Å². The number of anilines is 1. The fourth-order valence-electron chi connectivity index (χ4n) is 3.23. The number of pyridine rings is 1. The van der Waals surface area contributed by atoms with Crippen LogP contribution in [-0.2, 0) is 6.54 Å². The van der Waals surface area contributed by atoms with Crippen molar-refractivity contribution >= 4 is 34.5 Å². The Morgan fingerprint density at radius 1 is 1.33 bits per heavy atom. The van der Waals surface area contributed by atoms with Crippen LogP contribution in [0.2, 0.25) is 5.02 Å². The summed E-state index contributed by atoms with van der Waals surface area (Å²) >= 11 is 8.04. The molecule has 0 saturated heterocycles. The van der Waals surface area contributed by atoms with Gasteiger partial charge in [0.25, 0.3) is 5.91 Å². The number of hydrogen-bond donors (Lipinski definition) is 2. The lowest BCUT2D eigenvalue weighted by molar-refractivity contribution is 0.0950. The van der Waals surface area contributed by atoms with Crippen molar-refractivity contribution in [2.45, 2.75) is 32.5 Å². The lowest BCUT2D eigenvalue weighted by Gasteiger charge is -2.29. The van der Waals surface area contributed by atoms with Crippen LogP contribution >= 0.6 is 22.9 Å². The Labute approximate surface area is 184 Å². The van der Waals surface area contributed by atoms with Gasteiger partial charge in [0.1, 0.15) is 11.2 Å². The van der Waals surface area contributed by atoms with E-state index in [0.29, 0.717) is 23.0 Å². The first-order valence-corrected chi connectivity index (χ1v) is 11.1. The highest BCUT2D eigenvalue weighted by Crippen LogP contribution is 2.36. The number of rotatable bonds is 8. The van der Waals surface area contributed by atoms with E-state index in [4.69, 9.17) is 11.6 Å². The average Bonchev–Trinajstić information content (AvgIpc) is 3.42. The second-order valence-electron chi connectivity index (χ2n) is 7.43. The number of carbonyl (C=O) groups excluding carboxylic acids is 1. The van der Waals surface area contributed by atoms with Crippen LogP contribution in [0.5, 0.6) is 0 Å². The van der Waals surface area contributed by atoms with Gasteiger partial charge in [-0.2, -0.15) is 0 Å². The molecule has 1 saturated carbocycles. The van der Waals surface area contributed by atoms with Crippen LogP contribution in [0.15, 0.2) is 48.1 Å². The summed E-state index contributed by atoms with van der Waals surface area (Å²) in [5, 5.41) is 16.3. The maximum Gasteiger partial charge on any atom is 0.253 e. The van der Waals surface area contributed by atoms with Gasteiger partial charge in [-0.05, 0) is 49.9 Å². The fourth-order valence-corrected chi connectivity index (χ4v) is 4.07. The van der Waals surface area contributed by atoms with Crippen LogP contribution in [-0.4, -0.2) is 33.8 Å². The number of thiazole rings is 1. The molecule has 8 heteroatoms. The lowest BCUT2D eigenvalue weighted by Crippen LogP contribution is -2.34. The predicted molar refractivity (Wildman–Crippen MR) is 120 cm³/mol. The Morgan fingerprint density at radius 2 is 2.17 bits per heavy atom. The van der Waals surface area contributed by atoms with Crippen LogP contribution < -0.4 is 10.2 Å². The Bertz CT molecular complexity index is 1000. The maximum absolute atomic E-state index is 12.3. The molecule has 1 aromatic carbocycles. The number of carbonyl (C=O) groups is 1. The van der Waals surface area contributed by atoms with Crippen molar-refractivity contribution in [3.05, 3.63) is 63.7 Å². The molecule has 4 rings (SSSR count). The molecule has 1 unspecified atom stereocenters. The van der Waals surface area contributed by atoms with Crippen LogP contribution in [0, 0.1) is 5.92 Å². The summed E-state index contributed by atoms with van der Waals surface area (Å²) < 4.78 is 0.